The van der Waals surface area contributed by atoms with Gasteiger partial charge in [0.05, 0.1) is 19.9 Å². The molecule has 0 bridgehead atoms. The summed E-state index contributed by atoms with van der Waals surface area (Å²) >= 11 is 0. The summed E-state index contributed by atoms with van der Waals surface area (Å²) in [5.41, 5.74) is 1.11. The fraction of sp³-hybridized carbons (Fsp3) is 0.500. The number of benzene rings is 1. The minimum absolute atomic E-state index is 0.0500. The van der Waals surface area contributed by atoms with Gasteiger partial charge in [-0.1, -0.05) is 6.07 Å². The van der Waals surface area contributed by atoms with E-state index in [-0.39, 0.29) is 6.73 Å². The van der Waals surface area contributed by atoms with Crippen LogP contribution < -0.4 is 9.47 Å². The summed E-state index contributed by atoms with van der Waals surface area (Å²) in [4.78, 5) is 1.82. The van der Waals surface area contributed by atoms with E-state index in [1.807, 2.05) is 30.1 Å². The van der Waals surface area contributed by atoms with Crippen LogP contribution in [0.1, 0.15) is 12.0 Å². The van der Waals surface area contributed by atoms with Crippen LogP contribution >= 0.6 is 0 Å². The molecule has 1 N–H and O–H groups in total. The van der Waals surface area contributed by atoms with Crippen molar-refractivity contribution in [1.29, 1.82) is 0 Å². The summed E-state index contributed by atoms with van der Waals surface area (Å²) in [5.74, 6) is 1.62. The average Bonchev–Trinajstić information content (AvgIpc) is 2.53. The number of ether oxygens (including phenoxy) is 2. The van der Waals surface area contributed by atoms with E-state index < -0.39 is 0 Å². The third kappa shape index (κ3) is 2.65. The maximum atomic E-state index is 8.95. The molecule has 0 saturated carbocycles. The summed E-state index contributed by atoms with van der Waals surface area (Å²) in [6, 6.07) is 5.91. The molecule has 0 atom stereocenters. The molecule has 1 aliphatic heterocycles. The zero-order chi connectivity index (χ0) is 11.4. The minimum Gasteiger partial charge on any atom is -0.490 e. The van der Waals surface area contributed by atoms with Crippen LogP contribution in [0.5, 0.6) is 11.5 Å². The molecule has 0 saturated heterocycles. The van der Waals surface area contributed by atoms with Crippen LogP contribution in [-0.2, 0) is 6.54 Å². The van der Waals surface area contributed by atoms with Gasteiger partial charge in [0.2, 0.25) is 0 Å². The molecule has 16 heavy (non-hydrogen) atoms. The molecule has 4 heteroatoms. The second-order valence-electron chi connectivity index (χ2n) is 3.99. The smallest absolute Gasteiger partial charge is 0.161 e. The Morgan fingerprint density at radius 3 is 2.75 bits per heavy atom. The molecule has 0 spiro atoms. The SMILES string of the molecule is CN(CO)Cc1ccc2c(c1)OCCCO2. The van der Waals surface area contributed by atoms with Gasteiger partial charge in [0.25, 0.3) is 0 Å². The van der Waals surface area contributed by atoms with E-state index in [9.17, 15) is 0 Å². The van der Waals surface area contributed by atoms with Crippen molar-refractivity contribution in [2.75, 3.05) is 27.0 Å². The molecule has 0 unspecified atom stereocenters. The molecule has 0 radical (unpaired) electrons. The van der Waals surface area contributed by atoms with E-state index in [4.69, 9.17) is 14.6 Å². The van der Waals surface area contributed by atoms with E-state index >= 15 is 0 Å². The fourth-order valence-electron chi connectivity index (χ4n) is 1.67. The molecule has 0 aromatic heterocycles. The lowest BCUT2D eigenvalue weighted by atomic mass is 10.2. The van der Waals surface area contributed by atoms with E-state index in [1.165, 1.54) is 0 Å². The van der Waals surface area contributed by atoms with Crippen molar-refractivity contribution in [3.63, 3.8) is 0 Å². The third-order valence-electron chi connectivity index (χ3n) is 2.51. The number of aliphatic hydroxyl groups is 1. The van der Waals surface area contributed by atoms with Crippen LogP contribution in [0.15, 0.2) is 18.2 Å². The van der Waals surface area contributed by atoms with Crippen LogP contribution in [0, 0.1) is 0 Å². The number of nitrogens with zero attached hydrogens (tertiary/aromatic N) is 1. The van der Waals surface area contributed by atoms with Crippen molar-refractivity contribution in [2.24, 2.45) is 0 Å². The molecular weight excluding hydrogens is 206 g/mol. The lowest BCUT2D eigenvalue weighted by Gasteiger charge is -2.14. The van der Waals surface area contributed by atoms with Crippen LogP contribution in [0.4, 0.5) is 0 Å². The maximum absolute atomic E-state index is 8.95. The normalized spacial score (nSPS) is 14.9. The zero-order valence-corrected chi connectivity index (χ0v) is 9.48. The Bertz CT molecular complexity index is 354. The molecule has 0 aliphatic carbocycles. The maximum Gasteiger partial charge on any atom is 0.161 e. The van der Waals surface area contributed by atoms with Crippen LogP contribution in [0.2, 0.25) is 0 Å². The van der Waals surface area contributed by atoms with Gasteiger partial charge in [0.15, 0.2) is 11.5 Å². The van der Waals surface area contributed by atoms with Crippen molar-refractivity contribution >= 4 is 0 Å². The third-order valence-corrected chi connectivity index (χ3v) is 2.51. The van der Waals surface area contributed by atoms with Gasteiger partial charge >= 0.3 is 0 Å². The van der Waals surface area contributed by atoms with Crippen LogP contribution in [-0.4, -0.2) is 37.0 Å². The monoisotopic (exact) mass is 223 g/mol. The predicted molar refractivity (Wildman–Crippen MR) is 60.6 cm³/mol. The zero-order valence-electron chi connectivity index (χ0n) is 9.48. The van der Waals surface area contributed by atoms with Gasteiger partial charge in [-0.2, -0.15) is 0 Å². The summed E-state index contributed by atoms with van der Waals surface area (Å²) in [7, 11) is 1.86. The molecule has 1 heterocycles. The van der Waals surface area contributed by atoms with Crippen molar-refractivity contribution in [1.82, 2.24) is 4.90 Å². The molecular formula is C12H17NO3. The van der Waals surface area contributed by atoms with Crippen LogP contribution in [0.25, 0.3) is 0 Å². The molecule has 1 aromatic carbocycles. The Hall–Kier alpha value is -1.26. The minimum atomic E-state index is 0.0500. The van der Waals surface area contributed by atoms with Crippen molar-refractivity contribution in [2.45, 2.75) is 13.0 Å². The lowest BCUT2D eigenvalue weighted by molar-refractivity contribution is 0.127. The first-order valence-electron chi connectivity index (χ1n) is 5.47. The lowest BCUT2D eigenvalue weighted by Crippen LogP contribution is -2.18. The molecule has 2 rings (SSSR count). The fourth-order valence-corrected chi connectivity index (χ4v) is 1.67. The Kier molecular flexibility index (Phi) is 3.64. The Morgan fingerprint density at radius 1 is 1.25 bits per heavy atom. The van der Waals surface area contributed by atoms with Crippen molar-refractivity contribution in [3.05, 3.63) is 23.8 Å². The first kappa shape index (κ1) is 11.2. The highest BCUT2D eigenvalue weighted by Crippen LogP contribution is 2.30. The second kappa shape index (κ2) is 5.18. The van der Waals surface area contributed by atoms with Gasteiger partial charge in [-0.05, 0) is 24.7 Å². The first-order chi connectivity index (χ1) is 7.79. The van der Waals surface area contributed by atoms with Gasteiger partial charge in [0, 0.05) is 13.0 Å². The quantitative estimate of drug-likeness (QED) is 0.783. The Labute approximate surface area is 95.4 Å². The number of hydrogen-bond acceptors (Lipinski definition) is 4. The van der Waals surface area contributed by atoms with Crippen LogP contribution in [0.3, 0.4) is 0 Å². The van der Waals surface area contributed by atoms with Gasteiger partial charge in [-0.15, -0.1) is 0 Å². The van der Waals surface area contributed by atoms with Gasteiger partial charge in [-0.25, -0.2) is 0 Å². The Morgan fingerprint density at radius 2 is 2.00 bits per heavy atom. The molecule has 88 valence electrons. The van der Waals surface area contributed by atoms with E-state index in [0.717, 1.165) is 23.5 Å². The second-order valence-corrected chi connectivity index (χ2v) is 3.99. The van der Waals surface area contributed by atoms with Crippen molar-refractivity contribution in [3.8, 4) is 11.5 Å². The molecule has 4 nitrogen and oxygen atoms in total. The van der Waals surface area contributed by atoms with Gasteiger partial charge < -0.3 is 14.6 Å². The van der Waals surface area contributed by atoms with Crippen molar-refractivity contribution < 1.29 is 14.6 Å². The Balaban J connectivity index is 2.14. The predicted octanol–water partition coefficient (Wildman–Crippen LogP) is 1.23. The topological polar surface area (TPSA) is 41.9 Å². The average molecular weight is 223 g/mol. The number of rotatable bonds is 3. The highest BCUT2D eigenvalue weighted by Gasteiger charge is 2.10. The van der Waals surface area contributed by atoms with E-state index in [2.05, 4.69) is 0 Å². The summed E-state index contributed by atoms with van der Waals surface area (Å²) in [6.45, 7) is 2.16. The highest BCUT2D eigenvalue weighted by molar-refractivity contribution is 5.43. The highest BCUT2D eigenvalue weighted by atomic mass is 16.5. The van der Waals surface area contributed by atoms with Gasteiger partial charge in [-0.3, -0.25) is 4.90 Å². The number of fused-ring (bicyclic) bond motifs is 1. The first-order valence-corrected chi connectivity index (χ1v) is 5.47. The summed E-state index contributed by atoms with van der Waals surface area (Å²) in [6.07, 6.45) is 0.917. The largest absolute Gasteiger partial charge is 0.490 e. The number of aliphatic hydroxyl groups excluding tert-OH is 1. The summed E-state index contributed by atoms with van der Waals surface area (Å²) in [5, 5.41) is 8.95. The molecule has 1 aliphatic rings. The molecule has 1 aromatic rings. The molecule has 0 fully saturated rings. The standard InChI is InChI=1S/C12H17NO3/c1-13(9-14)8-10-3-4-11-12(7-10)16-6-2-5-15-11/h3-4,7,14H,2,5-6,8-9H2,1H3. The van der Waals surface area contributed by atoms with E-state index in [1.54, 1.807) is 0 Å². The summed E-state index contributed by atoms with van der Waals surface area (Å²) < 4.78 is 11.1. The number of hydrogen-bond donors (Lipinski definition) is 1. The van der Waals surface area contributed by atoms with Gasteiger partial charge in [0.1, 0.15) is 0 Å². The molecule has 0 amide bonds. The van der Waals surface area contributed by atoms with E-state index in [0.29, 0.717) is 19.8 Å².